The van der Waals surface area contributed by atoms with Crippen molar-refractivity contribution in [2.75, 3.05) is 0 Å². The molecule has 76 valence electrons. The van der Waals surface area contributed by atoms with Crippen LogP contribution in [-0.4, -0.2) is 12.0 Å². The number of carbonyl (C=O) groups is 1. The number of hydrogen-bond donors (Lipinski definition) is 2. The van der Waals surface area contributed by atoms with Crippen LogP contribution in [0.1, 0.15) is 11.1 Å². The Morgan fingerprint density at radius 3 is 2.43 bits per heavy atom. The molecule has 4 heteroatoms. The fourth-order valence-corrected chi connectivity index (χ4v) is 1.35. The van der Waals surface area contributed by atoms with E-state index in [2.05, 4.69) is 11.5 Å². The first-order valence-electron chi connectivity index (χ1n) is 4.55. The zero-order chi connectivity index (χ0) is 10.6. The molecule has 1 rings (SSSR count). The molecular weight excluding hydrogens is 180 g/mol. The average Bonchev–Trinajstić information content (AvgIpc) is 2.18. The monoisotopic (exact) mass is 195 g/mol. The molecule has 0 fully saturated rings. The minimum absolute atomic E-state index is 0.411. The van der Waals surface area contributed by atoms with Gasteiger partial charge in [-0.05, 0) is 5.56 Å². The van der Waals surface area contributed by atoms with E-state index in [0.717, 1.165) is 11.1 Å². The molecule has 0 spiro atoms. The van der Waals surface area contributed by atoms with Gasteiger partial charge in [0.05, 0.1) is 12.5 Å². The third-order valence-electron chi connectivity index (χ3n) is 2.19. The second-order valence-corrected chi connectivity index (χ2v) is 3.24. The number of quaternary nitrogens is 2. The van der Waals surface area contributed by atoms with E-state index in [-0.39, 0.29) is 0 Å². The summed E-state index contributed by atoms with van der Waals surface area (Å²) >= 11 is 0. The van der Waals surface area contributed by atoms with Crippen molar-refractivity contribution in [3.8, 4) is 0 Å². The number of rotatable bonds is 4. The van der Waals surface area contributed by atoms with E-state index in [0.29, 0.717) is 13.0 Å². The maximum Gasteiger partial charge on any atom is 0.129 e. The van der Waals surface area contributed by atoms with Gasteiger partial charge < -0.3 is 21.4 Å². The van der Waals surface area contributed by atoms with Gasteiger partial charge in [-0.1, -0.05) is 24.3 Å². The van der Waals surface area contributed by atoms with Gasteiger partial charge in [0.1, 0.15) is 6.04 Å². The summed E-state index contributed by atoms with van der Waals surface area (Å²) < 4.78 is 0. The van der Waals surface area contributed by atoms with Crippen molar-refractivity contribution < 1.29 is 21.4 Å². The molecule has 0 amide bonds. The minimum Gasteiger partial charge on any atom is -0.544 e. The highest BCUT2D eigenvalue weighted by Crippen LogP contribution is 2.08. The quantitative estimate of drug-likeness (QED) is 0.548. The first-order chi connectivity index (χ1) is 6.65. The van der Waals surface area contributed by atoms with Gasteiger partial charge in [-0.15, -0.1) is 0 Å². The maximum absolute atomic E-state index is 10.5. The topological polar surface area (TPSA) is 95.4 Å². The highest BCUT2D eigenvalue weighted by atomic mass is 16.4. The largest absolute Gasteiger partial charge is 0.544 e. The Balaban J connectivity index is 2.80. The van der Waals surface area contributed by atoms with Crippen LogP contribution in [0.2, 0.25) is 0 Å². The highest BCUT2D eigenvalue weighted by molar-refractivity contribution is 5.69. The van der Waals surface area contributed by atoms with Crippen molar-refractivity contribution >= 4 is 5.97 Å². The Bertz CT molecular complexity index is 326. The molecular formula is C10H15N2O2+. The Hall–Kier alpha value is -1.39. The van der Waals surface area contributed by atoms with Crippen molar-refractivity contribution in [1.82, 2.24) is 0 Å². The van der Waals surface area contributed by atoms with E-state index in [4.69, 9.17) is 0 Å². The second kappa shape index (κ2) is 4.74. The van der Waals surface area contributed by atoms with E-state index in [1.165, 1.54) is 0 Å². The van der Waals surface area contributed by atoms with Crippen molar-refractivity contribution in [2.45, 2.75) is 19.0 Å². The molecule has 0 saturated heterocycles. The summed E-state index contributed by atoms with van der Waals surface area (Å²) in [6.45, 7) is 0.663. The lowest BCUT2D eigenvalue weighted by molar-refractivity contribution is -0.437. The van der Waals surface area contributed by atoms with Crippen LogP contribution in [0.25, 0.3) is 0 Å². The van der Waals surface area contributed by atoms with E-state index in [9.17, 15) is 9.90 Å². The van der Waals surface area contributed by atoms with E-state index in [1.807, 2.05) is 24.3 Å². The number of carboxylic acids is 1. The molecule has 14 heavy (non-hydrogen) atoms. The molecule has 6 N–H and O–H groups in total. The summed E-state index contributed by atoms with van der Waals surface area (Å²) in [6.07, 6.45) is 0.411. The SMILES string of the molecule is [NH3+]Cc1ccccc1C[C@@H]([NH3+])C(=O)[O-]. The Morgan fingerprint density at radius 1 is 1.36 bits per heavy atom. The molecule has 1 aromatic rings. The molecule has 1 aromatic carbocycles. The highest BCUT2D eigenvalue weighted by Gasteiger charge is 2.11. The Kier molecular flexibility index (Phi) is 3.62. The third-order valence-corrected chi connectivity index (χ3v) is 2.19. The van der Waals surface area contributed by atoms with Crippen LogP contribution >= 0.6 is 0 Å². The molecule has 1 atom stereocenters. The lowest BCUT2D eigenvalue weighted by Gasteiger charge is -2.11. The van der Waals surface area contributed by atoms with Crippen molar-refractivity contribution in [3.63, 3.8) is 0 Å². The Labute approximate surface area is 82.5 Å². The van der Waals surface area contributed by atoms with Gasteiger partial charge in [0.25, 0.3) is 0 Å². The lowest BCUT2D eigenvalue weighted by Crippen LogP contribution is -2.69. The number of carbonyl (C=O) groups excluding carboxylic acids is 1. The fraction of sp³-hybridized carbons (Fsp3) is 0.300. The maximum atomic E-state index is 10.5. The van der Waals surface area contributed by atoms with Gasteiger partial charge in [0.15, 0.2) is 0 Å². The first-order valence-corrected chi connectivity index (χ1v) is 4.55. The standard InChI is InChI=1S/C10H14N2O2/c11-6-8-4-2-1-3-7(8)5-9(12)10(13)14/h1-4,9H,5-6,11-12H2,(H,13,14)/p+1/t9-/m1/s1. The fourth-order valence-electron chi connectivity index (χ4n) is 1.35. The molecule has 0 aliphatic heterocycles. The van der Waals surface area contributed by atoms with E-state index in [1.54, 1.807) is 0 Å². The second-order valence-electron chi connectivity index (χ2n) is 3.24. The number of benzene rings is 1. The number of carboxylic acid groups (broad SMARTS) is 1. The summed E-state index contributed by atoms with van der Waals surface area (Å²) in [5.41, 5.74) is 9.38. The lowest BCUT2D eigenvalue weighted by atomic mass is 10.0. The third kappa shape index (κ3) is 2.55. The smallest absolute Gasteiger partial charge is 0.129 e. The number of aliphatic carboxylic acids is 1. The predicted octanol–water partition coefficient (Wildman–Crippen LogP) is -2.67. The first kappa shape index (κ1) is 10.7. The predicted molar refractivity (Wildman–Crippen MR) is 48.4 cm³/mol. The zero-order valence-corrected chi connectivity index (χ0v) is 8.03. The van der Waals surface area contributed by atoms with E-state index < -0.39 is 12.0 Å². The van der Waals surface area contributed by atoms with Crippen molar-refractivity contribution in [1.29, 1.82) is 0 Å². The molecule has 0 aliphatic rings. The molecule has 0 radical (unpaired) electrons. The molecule has 0 saturated carbocycles. The Morgan fingerprint density at radius 2 is 1.93 bits per heavy atom. The normalized spacial score (nSPS) is 12.4. The molecule has 0 aromatic heterocycles. The van der Waals surface area contributed by atoms with E-state index >= 15 is 0 Å². The van der Waals surface area contributed by atoms with Crippen LogP contribution in [0.3, 0.4) is 0 Å². The van der Waals surface area contributed by atoms with Gasteiger partial charge in [0.2, 0.25) is 0 Å². The molecule has 0 unspecified atom stereocenters. The van der Waals surface area contributed by atoms with Crippen molar-refractivity contribution in [2.24, 2.45) is 0 Å². The summed E-state index contributed by atoms with van der Waals surface area (Å²) in [5, 5.41) is 10.5. The molecule has 4 nitrogen and oxygen atoms in total. The summed E-state index contributed by atoms with van der Waals surface area (Å²) in [6, 6.07) is 6.96. The number of hydrogen-bond acceptors (Lipinski definition) is 2. The van der Waals surface area contributed by atoms with Gasteiger partial charge in [-0.25, -0.2) is 0 Å². The van der Waals surface area contributed by atoms with Gasteiger partial charge in [-0.2, -0.15) is 0 Å². The van der Waals surface area contributed by atoms with Crippen LogP contribution in [0.4, 0.5) is 0 Å². The van der Waals surface area contributed by atoms with Crippen LogP contribution in [0.5, 0.6) is 0 Å². The van der Waals surface area contributed by atoms with Gasteiger partial charge in [0, 0.05) is 12.0 Å². The van der Waals surface area contributed by atoms with Crippen LogP contribution in [0.15, 0.2) is 24.3 Å². The summed E-state index contributed by atoms with van der Waals surface area (Å²) in [7, 11) is 0. The summed E-state index contributed by atoms with van der Waals surface area (Å²) in [4.78, 5) is 10.5. The van der Waals surface area contributed by atoms with Crippen LogP contribution in [0, 0.1) is 0 Å². The minimum atomic E-state index is -1.11. The van der Waals surface area contributed by atoms with Gasteiger partial charge >= 0.3 is 0 Å². The molecule has 0 aliphatic carbocycles. The van der Waals surface area contributed by atoms with Gasteiger partial charge in [-0.3, -0.25) is 0 Å². The molecule has 0 heterocycles. The van der Waals surface area contributed by atoms with Crippen molar-refractivity contribution in [3.05, 3.63) is 35.4 Å². The van der Waals surface area contributed by atoms with Crippen LogP contribution in [-0.2, 0) is 17.8 Å². The molecule has 0 bridgehead atoms. The van der Waals surface area contributed by atoms with Crippen LogP contribution < -0.4 is 16.6 Å². The zero-order valence-electron chi connectivity index (χ0n) is 8.03. The summed E-state index contributed by atoms with van der Waals surface area (Å²) in [5.74, 6) is -1.11. The average molecular weight is 195 g/mol.